The SMILES string of the molecule is CC(C)c1ncc(N)c(C(=O)N2CCN(C)CC2)n1. The normalized spacial score (nSPS) is 16.9. The number of carbonyl (C=O) groups excluding carboxylic acids is 1. The summed E-state index contributed by atoms with van der Waals surface area (Å²) in [5.74, 6) is 0.751. The lowest BCUT2D eigenvalue weighted by atomic mass is 10.2. The molecular formula is C13H21N5O. The molecule has 1 amide bonds. The number of nitrogens with two attached hydrogens (primary N) is 1. The highest BCUT2D eigenvalue weighted by molar-refractivity contribution is 5.97. The molecule has 0 saturated carbocycles. The van der Waals surface area contributed by atoms with Crippen molar-refractivity contribution in [2.45, 2.75) is 19.8 Å². The van der Waals surface area contributed by atoms with Crippen LogP contribution in [0.1, 0.15) is 36.1 Å². The zero-order valence-electron chi connectivity index (χ0n) is 11.8. The van der Waals surface area contributed by atoms with E-state index in [2.05, 4.69) is 21.9 Å². The fourth-order valence-corrected chi connectivity index (χ4v) is 2.01. The number of anilines is 1. The molecule has 6 nitrogen and oxygen atoms in total. The molecule has 0 atom stereocenters. The van der Waals surface area contributed by atoms with E-state index in [9.17, 15) is 4.79 Å². The molecule has 6 heteroatoms. The van der Waals surface area contributed by atoms with Gasteiger partial charge in [0.05, 0.1) is 11.9 Å². The lowest BCUT2D eigenvalue weighted by Gasteiger charge is -2.32. The maximum absolute atomic E-state index is 12.4. The standard InChI is InChI=1S/C13H21N5O/c1-9(2)12-15-8-10(14)11(16-12)13(19)18-6-4-17(3)5-7-18/h8-9H,4-7,14H2,1-3H3. The number of rotatable bonds is 2. The summed E-state index contributed by atoms with van der Waals surface area (Å²) in [7, 11) is 2.05. The Hall–Kier alpha value is -1.69. The average molecular weight is 263 g/mol. The van der Waals surface area contributed by atoms with Gasteiger partial charge in [0.15, 0.2) is 5.69 Å². The highest BCUT2D eigenvalue weighted by Crippen LogP contribution is 2.16. The smallest absolute Gasteiger partial charge is 0.274 e. The van der Waals surface area contributed by atoms with Gasteiger partial charge in [-0.15, -0.1) is 0 Å². The van der Waals surface area contributed by atoms with Crippen molar-refractivity contribution in [3.05, 3.63) is 17.7 Å². The summed E-state index contributed by atoms with van der Waals surface area (Å²) in [5, 5.41) is 0. The van der Waals surface area contributed by atoms with Crippen LogP contribution in [0.2, 0.25) is 0 Å². The van der Waals surface area contributed by atoms with Crippen LogP contribution in [0.5, 0.6) is 0 Å². The van der Waals surface area contributed by atoms with Crippen LogP contribution in [-0.2, 0) is 0 Å². The third-order valence-electron chi connectivity index (χ3n) is 3.35. The number of nitrogen functional groups attached to an aromatic ring is 1. The van der Waals surface area contributed by atoms with Crippen molar-refractivity contribution in [2.24, 2.45) is 0 Å². The summed E-state index contributed by atoms with van der Waals surface area (Å²) in [6.07, 6.45) is 1.53. The molecule has 1 aromatic rings. The van der Waals surface area contributed by atoms with Crippen molar-refractivity contribution in [3.63, 3.8) is 0 Å². The molecule has 0 unspecified atom stereocenters. The Morgan fingerprint density at radius 1 is 1.32 bits per heavy atom. The summed E-state index contributed by atoms with van der Waals surface area (Å²) in [4.78, 5) is 24.9. The maximum Gasteiger partial charge on any atom is 0.274 e. The summed E-state index contributed by atoms with van der Waals surface area (Å²) in [6, 6.07) is 0. The topological polar surface area (TPSA) is 75.3 Å². The van der Waals surface area contributed by atoms with E-state index in [1.54, 1.807) is 0 Å². The maximum atomic E-state index is 12.4. The van der Waals surface area contributed by atoms with Gasteiger partial charge in [-0.1, -0.05) is 13.8 Å². The monoisotopic (exact) mass is 263 g/mol. The van der Waals surface area contributed by atoms with Crippen molar-refractivity contribution in [2.75, 3.05) is 39.0 Å². The third-order valence-corrected chi connectivity index (χ3v) is 3.35. The van der Waals surface area contributed by atoms with Gasteiger partial charge in [-0.25, -0.2) is 9.97 Å². The van der Waals surface area contributed by atoms with Crippen LogP contribution in [0.15, 0.2) is 6.20 Å². The van der Waals surface area contributed by atoms with E-state index < -0.39 is 0 Å². The molecule has 1 aliphatic heterocycles. The number of nitrogens with zero attached hydrogens (tertiary/aromatic N) is 4. The fraction of sp³-hybridized carbons (Fsp3) is 0.615. The Kier molecular flexibility index (Phi) is 3.99. The van der Waals surface area contributed by atoms with Crippen LogP contribution in [0.25, 0.3) is 0 Å². The lowest BCUT2D eigenvalue weighted by Crippen LogP contribution is -2.47. The first-order chi connectivity index (χ1) is 8.99. The van der Waals surface area contributed by atoms with E-state index in [0.717, 1.165) is 26.2 Å². The second-order valence-corrected chi connectivity index (χ2v) is 5.28. The summed E-state index contributed by atoms with van der Waals surface area (Å²) in [5.41, 5.74) is 6.53. The summed E-state index contributed by atoms with van der Waals surface area (Å²) >= 11 is 0. The fourth-order valence-electron chi connectivity index (χ4n) is 2.01. The molecule has 1 aliphatic rings. The molecule has 1 saturated heterocycles. The molecule has 0 radical (unpaired) electrons. The van der Waals surface area contributed by atoms with Crippen molar-refractivity contribution >= 4 is 11.6 Å². The van der Waals surface area contributed by atoms with E-state index in [1.807, 2.05) is 18.7 Å². The molecule has 2 rings (SSSR count). The second kappa shape index (κ2) is 5.52. The third kappa shape index (κ3) is 3.01. The van der Waals surface area contributed by atoms with Gasteiger partial charge in [-0.2, -0.15) is 0 Å². The molecule has 0 bridgehead atoms. The Morgan fingerprint density at radius 3 is 2.53 bits per heavy atom. The Bertz CT molecular complexity index is 466. The molecule has 1 aromatic heterocycles. The van der Waals surface area contributed by atoms with E-state index in [1.165, 1.54) is 6.20 Å². The van der Waals surface area contributed by atoms with Gasteiger partial charge in [-0.05, 0) is 7.05 Å². The molecule has 2 heterocycles. The van der Waals surface area contributed by atoms with Crippen LogP contribution >= 0.6 is 0 Å². The molecule has 104 valence electrons. The van der Waals surface area contributed by atoms with Crippen LogP contribution < -0.4 is 5.73 Å². The van der Waals surface area contributed by atoms with Crippen LogP contribution in [0, 0.1) is 0 Å². The van der Waals surface area contributed by atoms with Gasteiger partial charge in [0.25, 0.3) is 5.91 Å². The number of likely N-dealkylation sites (N-methyl/N-ethyl adjacent to an activating group) is 1. The number of hydrogen-bond donors (Lipinski definition) is 1. The van der Waals surface area contributed by atoms with Gasteiger partial charge < -0.3 is 15.5 Å². The number of piperazine rings is 1. The molecule has 2 N–H and O–H groups in total. The molecule has 0 aliphatic carbocycles. The average Bonchev–Trinajstić information content (AvgIpc) is 2.39. The Balaban J connectivity index is 2.20. The predicted molar refractivity (Wildman–Crippen MR) is 73.9 cm³/mol. The Morgan fingerprint density at radius 2 is 1.95 bits per heavy atom. The first kappa shape index (κ1) is 13.7. The van der Waals surface area contributed by atoms with Gasteiger partial charge in [-0.3, -0.25) is 4.79 Å². The van der Waals surface area contributed by atoms with E-state index in [-0.39, 0.29) is 11.8 Å². The van der Waals surface area contributed by atoms with Crippen LogP contribution in [0.3, 0.4) is 0 Å². The van der Waals surface area contributed by atoms with Crippen LogP contribution in [0.4, 0.5) is 5.69 Å². The van der Waals surface area contributed by atoms with E-state index in [4.69, 9.17) is 5.73 Å². The van der Waals surface area contributed by atoms with E-state index >= 15 is 0 Å². The van der Waals surface area contributed by atoms with Gasteiger partial charge in [0.2, 0.25) is 0 Å². The zero-order chi connectivity index (χ0) is 14.0. The first-order valence-electron chi connectivity index (χ1n) is 6.59. The van der Waals surface area contributed by atoms with Crippen LogP contribution in [-0.4, -0.2) is 58.9 Å². The molecule has 0 spiro atoms. The summed E-state index contributed by atoms with van der Waals surface area (Å²) < 4.78 is 0. The number of amides is 1. The van der Waals surface area contributed by atoms with Gasteiger partial charge >= 0.3 is 0 Å². The van der Waals surface area contributed by atoms with Crippen molar-refractivity contribution in [1.29, 1.82) is 0 Å². The number of carbonyl (C=O) groups is 1. The highest BCUT2D eigenvalue weighted by atomic mass is 16.2. The van der Waals surface area contributed by atoms with E-state index in [0.29, 0.717) is 17.2 Å². The minimum Gasteiger partial charge on any atom is -0.396 e. The van der Waals surface area contributed by atoms with Gasteiger partial charge in [0, 0.05) is 32.1 Å². The lowest BCUT2D eigenvalue weighted by molar-refractivity contribution is 0.0659. The zero-order valence-corrected chi connectivity index (χ0v) is 11.8. The summed E-state index contributed by atoms with van der Waals surface area (Å²) in [6.45, 7) is 7.19. The highest BCUT2D eigenvalue weighted by Gasteiger charge is 2.24. The minimum absolute atomic E-state index is 0.0881. The Labute approximate surface area is 113 Å². The first-order valence-corrected chi connectivity index (χ1v) is 6.59. The minimum atomic E-state index is -0.0881. The molecule has 19 heavy (non-hydrogen) atoms. The second-order valence-electron chi connectivity index (χ2n) is 5.28. The van der Waals surface area contributed by atoms with Crippen molar-refractivity contribution < 1.29 is 4.79 Å². The molecular weight excluding hydrogens is 242 g/mol. The number of hydrogen-bond acceptors (Lipinski definition) is 5. The van der Waals surface area contributed by atoms with Gasteiger partial charge in [0.1, 0.15) is 5.82 Å². The largest absolute Gasteiger partial charge is 0.396 e. The predicted octanol–water partition coefficient (Wildman–Crippen LogP) is 0.570. The molecule has 1 fully saturated rings. The van der Waals surface area contributed by atoms with Crippen molar-refractivity contribution in [1.82, 2.24) is 19.8 Å². The number of aromatic nitrogens is 2. The van der Waals surface area contributed by atoms with Crippen molar-refractivity contribution in [3.8, 4) is 0 Å². The quantitative estimate of drug-likeness (QED) is 0.844. The molecule has 0 aromatic carbocycles.